The van der Waals surface area contributed by atoms with E-state index in [9.17, 15) is 19.5 Å². The van der Waals surface area contributed by atoms with Gasteiger partial charge in [-0.05, 0) is 18.1 Å². The maximum absolute atomic E-state index is 11.8. The highest BCUT2D eigenvalue weighted by atomic mass is 16.3. The molecule has 1 fully saturated rings. The minimum atomic E-state index is -0.876. The van der Waals surface area contributed by atoms with Crippen LogP contribution in [0, 0.1) is 0 Å². The molecule has 0 bridgehead atoms. The summed E-state index contributed by atoms with van der Waals surface area (Å²) in [7, 11) is 0. The Hall–Kier alpha value is -2.57. The van der Waals surface area contributed by atoms with Crippen molar-refractivity contribution in [2.24, 2.45) is 0 Å². The van der Waals surface area contributed by atoms with Crippen molar-refractivity contribution in [3.8, 4) is 5.75 Å². The van der Waals surface area contributed by atoms with Crippen LogP contribution in [0.3, 0.4) is 0 Å². The minimum absolute atomic E-state index is 0.0169. The molecule has 0 saturated carbocycles. The maximum atomic E-state index is 11.8. The van der Waals surface area contributed by atoms with Gasteiger partial charge in [0.1, 0.15) is 11.8 Å². The van der Waals surface area contributed by atoms with Gasteiger partial charge in [0.05, 0.1) is 12.1 Å². The van der Waals surface area contributed by atoms with Gasteiger partial charge < -0.3 is 15.7 Å². The van der Waals surface area contributed by atoms with Gasteiger partial charge in [-0.3, -0.25) is 14.9 Å². The number of anilines is 1. The normalized spacial score (nSPS) is 17.6. The van der Waals surface area contributed by atoms with E-state index in [1.54, 1.807) is 18.2 Å². The average Bonchev–Trinajstić information content (AvgIpc) is 2.70. The van der Waals surface area contributed by atoms with Crippen molar-refractivity contribution in [1.29, 1.82) is 0 Å². The van der Waals surface area contributed by atoms with Crippen molar-refractivity contribution in [2.75, 3.05) is 5.32 Å². The molecule has 0 spiro atoms. The van der Waals surface area contributed by atoms with E-state index < -0.39 is 23.9 Å². The summed E-state index contributed by atoms with van der Waals surface area (Å²) >= 11 is 0. The Balaban J connectivity index is 2.02. The highest BCUT2D eigenvalue weighted by Crippen LogP contribution is 2.27. The largest absolute Gasteiger partial charge is 0.505 e. The molecule has 0 unspecified atom stereocenters. The van der Waals surface area contributed by atoms with Crippen LogP contribution in [0.15, 0.2) is 18.2 Å². The molecule has 1 heterocycles. The van der Waals surface area contributed by atoms with Crippen molar-refractivity contribution >= 4 is 23.5 Å². The molecule has 0 radical (unpaired) electrons. The summed E-state index contributed by atoms with van der Waals surface area (Å²) in [6.07, 6.45) is 0.448. The third-order valence-corrected chi connectivity index (χ3v) is 3.02. The molecule has 2 rings (SSSR count). The molecule has 7 heteroatoms. The van der Waals surface area contributed by atoms with Gasteiger partial charge in [0.2, 0.25) is 5.91 Å². The number of para-hydroxylation sites is 1. The summed E-state index contributed by atoms with van der Waals surface area (Å²) in [5.74, 6) is -0.976. The fraction of sp³-hybridized carbons (Fsp3) is 0.308. The van der Waals surface area contributed by atoms with Gasteiger partial charge in [-0.25, -0.2) is 4.79 Å². The second-order valence-corrected chi connectivity index (χ2v) is 4.43. The Bertz CT molecular complexity index is 571. The molecule has 4 N–H and O–H groups in total. The SMILES string of the molecule is CCc1cccc(NC(=O)C[C@@H]2NC(=O)NC2=O)c1O. The van der Waals surface area contributed by atoms with Gasteiger partial charge in [0, 0.05) is 0 Å². The molecule has 1 aromatic carbocycles. The predicted octanol–water partition coefficient (Wildman–Crippen LogP) is 0.491. The lowest BCUT2D eigenvalue weighted by Crippen LogP contribution is -2.33. The highest BCUT2D eigenvalue weighted by molar-refractivity contribution is 6.07. The standard InChI is InChI=1S/C13H15N3O4/c1-2-7-4-3-5-8(11(7)18)14-10(17)6-9-12(19)16-13(20)15-9/h3-5,9,18H,2,6H2,1H3,(H,14,17)(H2,15,16,19,20)/t9-/m0/s1. The zero-order chi connectivity index (χ0) is 14.7. The first-order chi connectivity index (χ1) is 9.51. The minimum Gasteiger partial charge on any atom is -0.505 e. The number of hydrogen-bond acceptors (Lipinski definition) is 4. The van der Waals surface area contributed by atoms with E-state index in [-0.39, 0.29) is 12.2 Å². The van der Waals surface area contributed by atoms with Gasteiger partial charge >= 0.3 is 6.03 Å². The second kappa shape index (κ2) is 5.60. The molecule has 4 amide bonds. The van der Waals surface area contributed by atoms with E-state index in [0.29, 0.717) is 12.1 Å². The smallest absolute Gasteiger partial charge is 0.322 e. The summed E-state index contributed by atoms with van der Waals surface area (Å²) in [4.78, 5) is 34.1. The summed E-state index contributed by atoms with van der Waals surface area (Å²) in [5, 5.41) is 16.8. The fourth-order valence-corrected chi connectivity index (χ4v) is 1.97. The lowest BCUT2D eigenvalue weighted by molar-refractivity contribution is -0.124. The number of carbonyl (C=O) groups excluding carboxylic acids is 3. The number of urea groups is 1. The van der Waals surface area contributed by atoms with E-state index >= 15 is 0 Å². The van der Waals surface area contributed by atoms with Gasteiger partial charge in [0.15, 0.2) is 0 Å². The maximum Gasteiger partial charge on any atom is 0.322 e. The van der Waals surface area contributed by atoms with E-state index in [0.717, 1.165) is 5.56 Å². The Labute approximate surface area is 115 Å². The lowest BCUT2D eigenvalue weighted by Gasteiger charge is -2.11. The number of aryl methyl sites for hydroxylation is 1. The van der Waals surface area contributed by atoms with Gasteiger partial charge in [-0.1, -0.05) is 19.1 Å². The van der Waals surface area contributed by atoms with Crippen molar-refractivity contribution in [2.45, 2.75) is 25.8 Å². The molecule has 1 aromatic rings. The number of hydrogen-bond donors (Lipinski definition) is 4. The van der Waals surface area contributed by atoms with Crippen LogP contribution in [0.25, 0.3) is 0 Å². The van der Waals surface area contributed by atoms with E-state index in [1.807, 2.05) is 12.2 Å². The van der Waals surface area contributed by atoms with Crippen LogP contribution in [-0.4, -0.2) is 29.0 Å². The molecule has 1 aliphatic rings. The third-order valence-electron chi connectivity index (χ3n) is 3.02. The molecule has 0 aliphatic carbocycles. The highest BCUT2D eigenvalue weighted by Gasteiger charge is 2.31. The molecule has 20 heavy (non-hydrogen) atoms. The fourth-order valence-electron chi connectivity index (χ4n) is 1.97. The Morgan fingerprint density at radius 2 is 2.15 bits per heavy atom. The Morgan fingerprint density at radius 1 is 1.40 bits per heavy atom. The zero-order valence-corrected chi connectivity index (χ0v) is 10.9. The summed E-state index contributed by atoms with van der Waals surface area (Å²) in [6.45, 7) is 1.89. The van der Waals surface area contributed by atoms with Crippen LogP contribution in [0.5, 0.6) is 5.75 Å². The number of nitrogens with one attached hydrogen (secondary N) is 3. The number of phenols is 1. The average molecular weight is 277 g/mol. The number of benzene rings is 1. The van der Waals surface area contributed by atoms with Gasteiger partial charge in [-0.2, -0.15) is 0 Å². The molecule has 1 saturated heterocycles. The van der Waals surface area contributed by atoms with Gasteiger partial charge in [-0.15, -0.1) is 0 Å². The summed E-state index contributed by atoms with van der Waals surface area (Å²) < 4.78 is 0. The summed E-state index contributed by atoms with van der Waals surface area (Å²) in [5.41, 5.74) is 1.01. The van der Waals surface area contributed by atoms with E-state index in [1.165, 1.54) is 0 Å². The lowest BCUT2D eigenvalue weighted by atomic mass is 10.1. The first kappa shape index (κ1) is 13.9. The number of rotatable bonds is 4. The first-order valence-corrected chi connectivity index (χ1v) is 6.23. The van der Waals surface area contributed by atoms with Crippen LogP contribution >= 0.6 is 0 Å². The van der Waals surface area contributed by atoms with Crippen LogP contribution < -0.4 is 16.0 Å². The van der Waals surface area contributed by atoms with Crippen molar-refractivity contribution in [3.05, 3.63) is 23.8 Å². The third kappa shape index (κ3) is 2.87. The monoisotopic (exact) mass is 277 g/mol. The first-order valence-electron chi connectivity index (χ1n) is 6.23. The van der Waals surface area contributed by atoms with Crippen LogP contribution in [0.4, 0.5) is 10.5 Å². The van der Waals surface area contributed by atoms with Gasteiger partial charge in [0.25, 0.3) is 5.91 Å². The van der Waals surface area contributed by atoms with Crippen molar-refractivity contribution in [3.63, 3.8) is 0 Å². The van der Waals surface area contributed by atoms with Crippen molar-refractivity contribution in [1.82, 2.24) is 10.6 Å². The quantitative estimate of drug-likeness (QED) is 0.474. The molecule has 106 valence electrons. The Morgan fingerprint density at radius 3 is 2.75 bits per heavy atom. The van der Waals surface area contributed by atoms with Crippen molar-refractivity contribution < 1.29 is 19.5 Å². The summed E-state index contributed by atoms with van der Waals surface area (Å²) in [6, 6.07) is 3.57. The molecule has 7 nitrogen and oxygen atoms in total. The predicted molar refractivity (Wildman–Crippen MR) is 71.2 cm³/mol. The van der Waals surface area contributed by atoms with Crippen LogP contribution in [-0.2, 0) is 16.0 Å². The van der Waals surface area contributed by atoms with Crippen LogP contribution in [0.1, 0.15) is 18.9 Å². The number of amides is 4. The molecule has 0 aromatic heterocycles. The topological polar surface area (TPSA) is 108 Å². The molecule has 1 atom stereocenters. The molecular weight excluding hydrogens is 262 g/mol. The van der Waals surface area contributed by atoms with Crippen LogP contribution in [0.2, 0.25) is 0 Å². The zero-order valence-electron chi connectivity index (χ0n) is 10.9. The molecular formula is C13H15N3O4. The second-order valence-electron chi connectivity index (χ2n) is 4.43. The number of aromatic hydroxyl groups is 1. The van der Waals surface area contributed by atoms with E-state index in [4.69, 9.17) is 0 Å². The number of imide groups is 1. The molecule has 1 aliphatic heterocycles. The van der Waals surface area contributed by atoms with E-state index in [2.05, 4.69) is 10.6 Å². The Kier molecular flexibility index (Phi) is 3.88. The number of carbonyl (C=O) groups is 3. The number of phenolic OH excluding ortho intramolecular Hbond substituents is 1.